The third-order valence-electron chi connectivity index (χ3n) is 3.24. The number of aromatic nitrogens is 2. The number of H-pyrrole nitrogens is 1. The number of aliphatic hydroxyl groups excluding tert-OH is 1. The first-order valence-corrected chi connectivity index (χ1v) is 7.98. The van der Waals surface area contributed by atoms with Gasteiger partial charge >= 0.3 is 19.7 Å². The molecule has 0 aromatic carbocycles. The minimum atomic E-state index is -5.60. The van der Waals surface area contributed by atoms with E-state index in [0.717, 1.165) is 0 Å². The Morgan fingerprint density at radius 1 is 1.40 bits per heavy atom. The van der Waals surface area contributed by atoms with Crippen LogP contribution >= 0.6 is 7.82 Å². The normalized spacial score (nSPS) is 26.0. The molecule has 15 heteroatoms. The van der Waals surface area contributed by atoms with E-state index < -0.39 is 62.0 Å². The molecule has 1 aliphatic rings. The molecule has 1 aromatic rings. The molecule has 0 spiro atoms. The number of hydrogen-bond acceptors (Lipinski definition) is 6. The summed E-state index contributed by atoms with van der Waals surface area (Å²) in [6, 6.07) is 0. The predicted octanol–water partition coefficient (Wildman–Crippen LogP) is -0.636. The smallest absolute Gasteiger partial charge is 0.390 e. The van der Waals surface area contributed by atoms with Gasteiger partial charge in [0.1, 0.15) is 12.3 Å². The quantitative estimate of drug-likeness (QED) is 0.389. The average molecular weight is 394 g/mol. The fourth-order valence-corrected chi connectivity index (χ4v) is 2.78. The number of aliphatic hydroxyl groups is 1. The second-order valence-electron chi connectivity index (χ2n) is 5.06. The largest absolute Gasteiger partial charge is 0.470 e. The third-order valence-corrected chi connectivity index (χ3v) is 3.74. The zero-order valence-corrected chi connectivity index (χ0v) is 12.8. The maximum absolute atomic E-state index is 13.2. The van der Waals surface area contributed by atoms with Crippen LogP contribution in [0.4, 0.5) is 17.6 Å². The Kier molecular flexibility index (Phi) is 5.23. The van der Waals surface area contributed by atoms with Gasteiger partial charge < -0.3 is 19.6 Å². The van der Waals surface area contributed by atoms with E-state index in [1.54, 1.807) is 4.98 Å². The Hall–Kier alpha value is -1.57. The number of rotatable bonds is 4. The van der Waals surface area contributed by atoms with Crippen molar-refractivity contribution in [1.29, 1.82) is 0 Å². The van der Waals surface area contributed by atoms with Gasteiger partial charge in [-0.25, -0.2) is 9.36 Å². The van der Waals surface area contributed by atoms with Crippen molar-refractivity contribution in [2.45, 2.75) is 37.1 Å². The van der Waals surface area contributed by atoms with Crippen molar-refractivity contribution in [3.63, 3.8) is 0 Å². The Morgan fingerprint density at radius 2 is 2.00 bits per heavy atom. The Morgan fingerprint density at radius 3 is 2.52 bits per heavy atom. The Balaban J connectivity index is 2.33. The molecule has 2 heterocycles. The lowest BCUT2D eigenvalue weighted by atomic mass is 10.1. The lowest BCUT2D eigenvalue weighted by Crippen LogP contribution is -2.46. The first-order valence-electron chi connectivity index (χ1n) is 6.45. The van der Waals surface area contributed by atoms with E-state index in [1.165, 1.54) is 0 Å². The molecular weight excluding hydrogens is 383 g/mol. The van der Waals surface area contributed by atoms with Gasteiger partial charge in [-0.2, -0.15) is 17.6 Å². The van der Waals surface area contributed by atoms with Crippen molar-refractivity contribution in [2.75, 3.05) is 0 Å². The molecule has 2 rings (SSSR count). The number of phosphoric acid groups is 1. The summed E-state index contributed by atoms with van der Waals surface area (Å²) in [6.07, 6.45) is -14.7. The summed E-state index contributed by atoms with van der Waals surface area (Å²) in [6.45, 7) is 0. The van der Waals surface area contributed by atoms with Crippen LogP contribution in [0.25, 0.3) is 0 Å². The fraction of sp³-hybridized carbons (Fsp3) is 0.600. The molecule has 10 nitrogen and oxygen atoms in total. The molecule has 1 aromatic heterocycles. The summed E-state index contributed by atoms with van der Waals surface area (Å²) in [5.74, 6) is -1.43. The van der Waals surface area contributed by atoms with E-state index in [-0.39, 0.29) is 0 Å². The number of aromatic amines is 1. The molecule has 0 saturated carbocycles. The van der Waals surface area contributed by atoms with Gasteiger partial charge in [0.2, 0.25) is 5.82 Å². The number of nitrogens with one attached hydrogen (secondary N) is 1. The van der Waals surface area contributed by atoms with Crippen LogP contribution in [0.2, 0.25) is 0 Å². The van der Waals surface area contributed by atoms with Crippen LogP contribution in [0.15, 0.2) is 15.8 Å². The van der Waals surface area contributed by atoms with Gasteiger partial charge in [-0.1, -0.05) is 0 Å². The monoisotopic (exact) mass is 394 g/mol. The highest BCUT2D eigenvalue weighted by molar-refractivity contribution is 7.46. The van der Waals surface area contributed by atoms with Gasteiger partial charge in [-0.3, -0.25) is 18.9 Å². The zero-order chi connectivity index (χ0) is 19.2. The van der Waals surface area contributed by atoms with E-state index in [9.17, 15) is 36.8 Å². The van der Waals surface area contributed by atoms with Crippen molar-refractivity contribution in [3.8, 4) is 0 Å². The minimum Gasteiger partial charge on any atom is -0.390 e. The van der Waals surface area contributed by atoms with Crippen molar-refractivity contribution < 1.29 is 46.3 Å². The highest BCUT2D eigenvalue weighted by Crippen LogP contribution is 2.46. The lowest BCUT2D eigenvalue weighted by Gasteiger charge is -2.27. The summed E-state index contributed by atoms with van der Waals surface area (Å²) in [5.41, 5.74) is -2.59. The third kappa shape index (κ3) is 4.54. The van der Waals surface area contributed by atoms with Gasteiger partial charge in [-0.05, 0) is 0 Å². The molecular formula is C10H11F4N2O8P. The van der Waals surface area contributed by atoms with Crippen LogP contribution in [0.5, 0.6) is 0 Å². The van der Waals surface area contributed by atoms with Gasteiger partial charge in [0.15, 0.2) is 6.10 Å². The second-order valence-corrected chi connectivity index (χ2v) is 6.25. The number of halogens is 4. The molecule has 0 bridgehead atoms. The molecule has 0 aliphatic carbocycles. The summed E-state index contributed by atoms with van der Waals surface area (Å²) in [5, 5.41) is 9.73. The molecule has 1 aliphatic heterocycles. The molecule has 1 fully saturated rings. The Labute approximate surface area is 134 Å². The summed E-state index contributed by atoms with van der Waals surface area (Å²) in [7, 11) is -5.60. The summed E-state index contributed by atoms with van der Waals surface area (Å²) < 4.78 is 71.7. The first-order chi connectivity index (χ1) is 11.3. The van der Waals surface area contributed by atoms with Gasteiger partial charge in [0.25, 0.3) is 5.56 Å². The molecule has 25 heavy (non-hydrogen) atoms. The highest BCUT2D eigenvalue weighted by atomic mass is 31.2. The van der Waals surface area contributed by atoms with Crippen LogP contribution < -0.4 is 11.2 Å². The van der Waals surface area contributed by atoms with E-state index in [2.05, 4.69) is 4.52 Å². The van der Waals surface area contributed by atoms with Gasteiger partial charge in [0.05, 0.1) is 12.3 Å². The van der Waals surface area contributed by atoms with E-state index in [0.29, 0.717) is 10.8 Å². The van der Waals surface area contributed by atoms with Gasteiger partial charge in [-0.15, -0.1) is 0 Å². The molecule has 0 unspecified atom stereocenters. The summed E-state index contributed by atoms with van der Waals surface area (Å²) >= 11 is 0. The molecule has 142 valence electrons. The summed E-state index contributed by atoms with van der Waals surface area (Å²) in [4.78, 5) is 41.3. The van der Waals surface area contributed by atoms with Crippen LogP contribution in [-0.2, 0) is 13.8 Å². The molecule has 4 atom stereocenters. The van der Waals surface area contributed by atoms with Crippen LogP contribution in [0.1, 0.15) is 12.6 Å². The van der Waals surface area contributed by atoms with E-state index >= 15 is 0 Å². The zero-order valence-electron chi connectivity index (χ0n) is 11.9. The van der Waals surface area contributed by atoms with E-state index in [1.807, 2.05) is 0 Å². The first kappa shape index (κ1) is 19.8. The van der Waals surface area contributed by atoms with Crippen LogP contribution in [-0.4, -0.2) is 48.9 Å². The van der Waals surface area contributed by atoms with Gasteiger partial charge in [0, 0.05) is 6.42 Å². The van der Waals surface area contributed by atoms with Crippen molar-refractivity contribution in [2.24, 2.45) is 0 Å². The molecule has 0 amide bonds. The number of phosphoric ester groups is 1. The number of alkyl halides is 3. The molecule has 1 saturated heterocycles. The average Bonchev–Trinajstić information content (AvgIpc) is 2.79. The predicted molar refractivity (Wildman–Crippen MR) is 68.8 cm³/mol. The van der Waals surface area contributed by atoms with E-state index in [4.69, 9.17) is 14.5 Å². The van der Waals surface area contributed by atoms with Crippen molar-refractivity contribution >= 4 is 7.82 Å². The lowest BCUT2D eigenvalue weighted by molar-refractivity contribution is -0.239. The van der Waals surface area contributed by atoms with Crippen molar-refractivity contribution in [3.05, 3.63) is 32.9 Å². The number of hydrogen-bond donors (Lipinski definition) is 4. The maximum Gasteiger partial charge on any atom is 0.470 e. The minimum absolute atomic E-state index is 0.368. The second kappa shape index (κ2) is 6.63. The molecule has 4 N–H and O–H groups in total. The fourth-order valence-electron chi connectivity index (χ4n) is 2.25. The SMILES string of the molecule is O=c1[nH]c(=O)n([C@H]2C[C@H](O)[C@@H]([C@@H](OP(=O)(O)O)C(F)(F)F)O2)cc1F. The van der Waals surface area contributed by atoms with Crippen molar-refractivity contribution in [1.82, 2.24) is 9.55 Å². The number of nitrogens with zero attached hydrogens (tertiary/aromatic N) is 1. The topological polar surface area (TPSA) is 151 Å². The van der Waals surface area contributed by atoms with Crippen LogP contribution in [0.3, 0.4) is 0 Å². The maximum atomic E-state index is 13.2. The standard InChI is InChI=1S/C10H11F4N2O8P/c11-3-2-16(9(19)15-8(3)18)5-1-4(17)6(23-5)7(10(12,13)14)24-25(20,21)22/h2,4-7,17H,1H2,(H,15,18,19)(H2,20,21,22)/t4-,5+,6-,7+/m0/s1. The number of ether oxygens (including phenoxy) is 1. The molecule has 0 radical (unpaired) electrons. The Bertz CT molecular complexity index is 801. The van der Waals surface area contributed by atoms with Crippen LogP contribution in [0, 0.1) is 5.82 Å². The highest BCUT2D eigenvalue weighted by Gasteiger charge is 2.55.